The Morgan fingerprint density at radius 1 is 1.00 bits per heavy atom. The lowest BCUT2D eigenvalue weighted by Crippen LogP contribution is -2.17. The van der Waals surface area contributed by atoms with Crippen LogP contribution in [0, 0.1) is 17.3 Å². The van der Waals surface area contributed by atoms with Crippen molar-refractivity contribution in [2.45, 2.75) is 40.1 Å². The molecule has 2 nitrogen and oxygen atoms in total. The topological polar surface area (TPSA) is 12.5 Å². The average Bonchev–Trinajstić information content (AvgIpc) is 2.65. The van der Waals surface area contributed by atoms with Crippen LogP contribution in [0.1, 0.15) is 37.5 Å². The van der Waals surface area contributed by atoms with Crippen LogP contribution in [0.15, 0.2) is 60.7 Å². The molecule has 2 aromatic rings. The molecule has 0 unspecified atom stereocenters. The Hall–Kier alpha value is -2.71. The first kappa shape index (κ1) is 23.6. The van der Waals surface area contributed by atoms with Crippen LogP contribution in [0.2, 0.25) is 0 Å². The molecule has 0 atom stereocenters. The molecule has 0 spiro atoms. The summed E-state index contributed by atoms with van der Waals surface area (Å²) in [5, 5.41) is 0. The van der Waals surface area contributed by atoms with Crippen LogP contribution in [-0.4, -0.2) is 18.5 Å². The Bertz CT molecular complexity index is 914. The van der Waals surface area contributed by atoms with E-state index in [0.717, 1.165) is 30.8 Å². The van der Waals surface area contributed by atoms with Crippen LogP contribution in [-0.2, 0) is 19.3 Å². The maximum atomic E-state index is 12.8. The van der Waals surface area contributed by atoms with Crippen molar-refractivity contribution < 1.29 is 17.9 Å². The third kappa shape index (κ3) is 8.75. The van der Waals surface area contributed by atoms with Gasteiger partial charge in [0.1, 0.15) is 12.4 Å². The van der Waals surface area contributed by atoms with E-state index in [1.165, 1.54) is 6.07 Å². The first-order valence-electron chi connectivity index (χ1n) is 9.77. The minimum Gasteiger partial charge on any atom is -0.489 e. The Labute approximate surface area is 177 Å². The van der Waals surface area contributed by atoms with Crippen LogP contribution < -0.4 is 4.74 Å². The van der Waals surface area contributed by atoms with Crippen molar-refractivity contribution in [2.75, 3.05) is 13.6 Å². The molecule has 0 aliphatic rings. The first-order valence-corrected chi connectivity index (χ1v) is 9.77. The van der Waals surface area contributed by atoms with Crippen LogP contribution in [0.5, 0.6) is 5.75 Å². The smallest absolute Gasteiger partial charge is 0.416 e. The van der Waals surface area contributed by atoms with E-state index in [1.807, 2.05) is 37.4 Å². The highest BCUT2D eigenvalue weighted by Crippen LogP contribution is 2.29. The summed E-state index contributed by atoms with van der Waals surface area (Å²) in [6.07, 6.45) is -0.462. The van der Waals surface area contributed by atoms with Crippen molar-refractivity contribution in [2.24, 2.45) is 5.41 Å². The summed E-state index contributed by atoms with van der Waals surface area (Å²) < 4.78 is 44.2. The van der Waals surface area contributed by atoms with E-state index >= 15 is 0 Å². The van der Waals surface area contributed by atoms with Crippen LogP contribution >= 0.6 is 0 Å². The zero-order chi connectivity index (χ0) is 22.2. The van der Waals surface area contributed by atoms with Crippen molar-refractivity contribution in [1.29, 1.82) is 0 Å². The molecular formula is C25H28F3NO. The molecule has 2 rings (SSSR count). The summed E-state index contributed by atoms with van der Waals surface area (Å²) in [5.74, 6) is 6.84. The lowest BCUT2D eigenvalue weighted by molar-refractivity contribution is -0.137. The van der Waals surface area contributed by atoms with Crippen molar-refractivity contribution in [1.82, 2.24) is 4.90 Å². The maximum absolute atomic E-state index is 12.8. The van der Waals surface area contributed by atoms with Crippen LogP contribution in [0.3, 0.4) is 0 Å². The zero-order valence-electron chi connectivity index (χ0n) is 17.9. The number of alkyl halides is 3. The van der Waals surface area contributed by atoms with E-state index in [-0.39, 0.29) is 12.0 Å². The van der Waals surface area contributed by atoms with E-state index in [2.05, 4.69) is 37.5 Å². The van der Waals surface area contributed by atoms with Gasteiger partial charge < -0.3 is 4.74 Å². The molecule has 5 heteroatoms. The molecule has 0 heterocycles. The number of ether oxygens (including phenoxy) is 1. The molecule has 0 saturated carbocycles. The summed E-state index contributed by atoms with van der Waals surface area (Å²) in [6.45, 7) is 7.77. The lowest BCUT2D eigenvalue weighted by Gasteiger charge is -2.15. The third-order valence-corrected chi connectivity index (χ3v) is 4.08. The average molecular weight is 415 g/mol. The molecule has 0 N–H and O–H groups in total. The highest BCUT2D eigenvalue weighted by Gasteiger charge is 2.30. The Kier molecular flexibility index (Phi) is 8.14. The van der Waals surface area contributed by atoms with Crippen LogP contribution in [0.25, 0.3) is 0 Å². The fraction of sp³-hybridized carbons (Fsp3) is 0.360. The van der Waals surface area contributed by atoms with Gasteiger partial charge in [0.15, 0.2) is 0 Å². The van der Waals surface area contributed by atoms with Gasteiger partial charge in [0.2, 0.25) is 0 Å². The molecule has 160 valence electrons. The first-order chi connectivity index (χ1) is 14.0. The van der Waals surface area contributed by atoms with E-state index < -0.39 is 11.7 Å². The number of halogens is 3. The van der Waals surface area contributed by atoms with Crippen molar-refractivity contribution in [3.63, 3.8) is 0 Å². The number of nitrogens with zero attached hydrogens (tertiary/aromatic N) is 1. The molecule has 30 heavy (non-hydrogen) atoms. The highest BCUT2D eigenvalue weighted by atomic mass is 19.4. The van der Waals surface area contributed by atoms with Crippen molar-refractivity contribution in [3.05, 3.63) is 77.4 Å². The quantitative estimate of drug-likeness (QED) is 0.491. The monoisotopic (exact) mass is 415 g/mol. The summed E-state index contributed by atoms with van der Waals surface area (Å²) >= 11 is 0. The van der Waals surface area contributed by atoms with Gasteiger partial charge in [0, 0.05) is 18.5 Å². The molecule has 0 radical (unpaired) electrons. The molecule has 2 aromatic carbocycles. The van der Waals surface area contributed by atoms with Gasteiger partial charge in [0.25, 0.3) is 0 Å². The predicted molar refractivity (Wildman–Crippen MR) is 115 cm³/mol. The molecular weight excluding hydrogens is 387 g/mol. The fourth-order valence-corrected chi connectivity index (χ4v) is 2.66. The standard InChI is InChI=1S/C25H28F3NO/c1-24(2,3)14-6-5-7-15-29(4)18-20-10-9-13-23(17-20)30-19-21-11-8-12-22(16-21)25(26,27)28/h5,7-13,16-17H,15,18-19H2,1-4H3. The third-order valence-electron chi connectivity index (χ3n) is 4.08. The molecule has 0 aromatic heterocycles. The van der Waals surface area contributed by atoms with Gasteiger partial charge in [-0.2, -0.15) is 13.2 Å². The van der Waals surface area contributed by atoms with Crippen molar-refractivity contribution >= 4 is 0 Å². The number of hydrogen-bond donors (Lipinski definition) is 0. The molecule has 0 amide bonds. The second kappa shape index (κ2) is 10.4. The number of benzene rings is 2. The fourth-order valence-electron chi connectivity index (χ4n) is 2.66. The van der Waals surface area contributed by atoms with Gasteiger partial charge in [-0.25, -0.2) is 0 Å². The number of hydrogen-bond acceptors (Lipinski definition) is 2. The Balaban J connectivity index is 1.90. The summed E-state index contributed by atoms with van der Waals surface area (Å²) in [5.41, 5.74) is 0.867. The molecule has 0 fully saturated rings. The van der Waals surface area contributed by atoms with Gasteiger partial charge in [-0.3, -0.25) is 4.90 Å². The second-order valence-corrected chi connectivity index (χ2v) is 8.25. The normalized spacial score (nSPS) is 12.1. The van der Waals surface area contributed by atoms with Gasteiger partial charge in [0.05, 0.1) is 5.56 Å². The Morgan fingerprint density at radius 3 is 2.40 bits per heavy atom. The SMILES string of the molecule is CN(CC=CC#CC(C)(C)C)Cc1cccc(OCc2cccc(C(F)(F)F)c2)c1. The number of allylic oxidation sites excluding steroid dienone is 1. The molecule has 0 aliphatic carbocycles. The van der Waals surface area contributed by atoms with Crippen LogP contribution in [0.4, 0.5) is 13.2 Å². The van der Waals surface area contributed by atoms with E-state index in [4.69, 9.17) is 4.74 Å². The van der Waals surface area contributed by atoms with E-state index in [9.17, 15) is 13.2 Å². The summed E-state index contributed by atoms with van der Waals surface area (Å²) in [4.78, 5) is 2.14. The maximum Gasteiger partial charge on any atom is 0.416 e. The van der Waals surface area contributed by atoms with Crippen molar-refractivity contribution in [3.8, 4) is 17.6 Å². The van der Waals surface area contributed by atoms with Gasteiger partial charge in [-0.15, -0.1) is 0 Å². The number of rotatable bonds is 7. The highest BCUT2D eigenvalue weighted by molar-refractivity contribution is 5.30. The van der Waals surface area contributed by atoms with E-state index in [0.29, 0.717) is 11.3 Å². The summed E-state index contributed by atoms with van der Waals surface area (Å²) in [7, 11) is 2.01. The molecule has 0 bridgehead atoms. The molecule has 0 aliphatic heterocycles. The zero-order valence-corrected chi connectivity index (χ0v) is 17.9. The van der Waals surface area contributed by atoms with Gasteiger partial charge >= 0.3 is 6.18 Å². The van der Waals surface area contributed by atoms with Gasteiger partial charge in [-0.1, -0.05) is 42.2 Å². The lowest BCUT2D eigenvalue weighted by atomic mass is 9.98. The molecule has 0 saturated heterocycles. The minimum absolute atomic E-state index is 0.00918. The summed E-state index contributed by atoms with van der Waals surface area (Å²) in [6, 6.07) is 12.8. The van der Waals surface area contributed by atoms with E-state index in [1.54, 1.807) is 12.1 Å². The minimum atomic E-state index is -4.35. The Morgan fingerprint density at radius 2 is 1.70 bits per heavy atom. The second-order valence-electron chi connectivity index (χ2n) is 8.25. The number of likely N-dealkylation sites (N-methyl/N-ethyl adjacent to an activating group) is 1. The predicted octanol–water partition coefficient (Wildman–Crippen LogP) is 6.32. The largest absolute Gasteiger partial charge is 0.489 e. The van der Waals surface area contributed by atoms with Gasteiger partial charge in [-0.05, 0) is 69.3 Å².